The molecule has 1 saturated heterocycles. The van der Waals surface area contributed by atoms with Crippen LogP contribution in [0.3, 0.4) is 0 Å². The normalized spacial score (nSPS) is 23.0. The van der Waals surface area contributed by atoms with E-state index in [1.165, 1.54) is 31.0 Å². The van der Waals surface area contributed by atoms with Crippen LogP contribution in [0.15, 0.2) is 18.2 Å². The van der Waals surface area contributed by atoms with E-state index in [1.807, 2.05) is 0 Å². The number of anilines is 2. The highest BCUT2D eigenvalue weighted by molar-refractivity contribution is 5.93. The lowest BCUT2D eigenvalue weighted by Gasteiger charge is -2.36. The zero-order valence-corrected chi connectivity index (χ0v) is 12.7. The van der Waals surface area contributed by atoms with E-state index in [0.717, 1.165) is 13.1 Å². The van der Waals surface area contributed by atoms with Crippen LogP contribution in [0.5, 0.6) is 0 Å². The van der Waals surface area contributed by atoms with Crippen LogP contribution in [0, 0.1) is 11.7 Å². The Morgan fingerprint density at radius 3 is 2.90 bits per heavy atom. The number of carbonyl (C=O) groups excluding carboxylic acids is 1. The number of benzene rings is 1. The minimum Gasteiger partial charge on any atom is -0.397 e. The molecule has 0 bridgehead atoms. The third-order valence-electron chi connectivity index (χ3n) is 4.16. The SMILES string of the molecule is CC1CCC(C)N(CCC(=O)Nc2ccc(F)cc2N)C1. The van der Waals surface area contributed by atoms with Crippen molar-refractivity contribution in [3.8, 4) is 0 Å². The molecule has 1 aromatic carbocycles. The molecule has 3 N–H and O–H groups in total. The van der Waals surface area contributed by atoms with E-state index in [-0.39, 0.29) is 11.6 Å². The molecule has 1 heterocycles. The first-order valence-electron chi connectivity index (χ1n) is 7.54. The molecule has 2 unspecified atom stereocenters. The molecule has 0 aliphatic carbocycles. The quantitative estimate of drug-likeness (QED) is 0.839. The Kier molecular flexibility index (Phi) is 5.17. The van der Waals surface area contributed by atoms with Gasteiger partial charge in [0, 0.05) is 25.6 Å². The maximum Gasteiger partial charge on any atom is 0.225 e. The fourth-order valence-corrected chi connectivity index (χ4v) is 2.80. The smallest absolute Gasteiger partial charge is 0.225 e. The summed E-state index contributed by atoms with van der Waals surface area (Å²) in [4.78, 5) is 14.4. The number of hydrogen-bond donors (Lipinski definition) is 2. The molecule has 1 aliphatic heterocycles. The second-order valence-corrected chi connectivity index (χ2v) is 6.06. The number of halogens is 1. The van der Waals surface area contributed by atoms with E-state index in [9.17, 15) is 9.18 Å². The summed E-state index contributed by atoms with van der Waals surface area (Å²) in [5, 5.41) is 2.75. The van der Waals surface area contributed by atoms with Crippen LogP contribution in [0.4, 0.5) is 15.8 Å². The van der Waals surface area contributed by atoms with E-state index >= 15 is 0 Å². The molecule has 2 rings (SSSR count). The summed E-state index contributed by atoms with van der Waals surface area (Å²) < 4.78 is 13.0. The van der Waals surface area contributed by atoms with Crippen LogP contribution in [-0.4, -0.2) is 29.9 Å². The molecule has 21 heavy (non-hydrogen) atoms. The first-order chi connectivity index (χ1) is 9.95. The van der Waals surface area contributed by atoms with Gasteiger partial charge in [-0.2, -0.15) is 0 Å². The van der Waals surface area contributed by atoms with E-state index in [4.69, 9.17) is 5.73 Å². The molecule has 4 nitrogen and oxygen atoms in total. The van der Waals surface area contributed by atoms with Crippen molar-refractivity contribution in [3.05, 3.63) is 24.0 Å². The number of nitrogens with one attached hydrogen (secondary N) is 1. The Morgan fingerprint density at radius 2 is 2.19 bits per heavy atom. The first-order valence-corrected chi connectivity index (χ1v) is 7.54. The molecule has 0 aromatic heterocycles. The van der Waals surface area contributed by atoms with Gasteiger partial charge < -0.3 is 11.1 Å². The monoisotopic (exact) mass is 293 g/mol. The average molecular weight is 293 g/mol. The molecule has 1 amide bonds. The van der Waals surface area contributed by atoms with Gasteiger partial charge in [0.05, 0.1) is 11.4 Å². The Morgan fingerprint density at radius 1 is 1.43 bits per heavy atom. The molecule has 116 valence electrons. The van der Waals surface area contributed by atoms with Gasteiger partial charge in [-0.3, -0.25) is 9.69 Å². The second-order valence-electron chi connectivity index (χ2n) is 6.06. The Balaban J connectivity index is 1.84. The maximum atomic E-state index is 13.0. The van der Waals surface area contributed by atoms with Gasteiger partial charge in [-0.1, -0.05) is 6.92 Å². The van der Waals surface area contributed by atoms with Crippen LogP contribution in [0.2, 0.25) is 0 Å². The molecule has 1 fully saturated rings. The number of nitrogens with two attached hydrogens (primary N) is 1. The summed E-state index contributed by atoms with van der Waals surface area (Å²) >= 11 is 0. The Labute approximate surface area is 125 Å². The number of amides is 1. The van der Waals surface area contributed by atoms with Gasteiger partial charge in [0.25, 0.3) is 0 Å². The number of carbonyl (C=O) groups is 1. The zero-order valence-electron chi connectivity index (χ0n) is 12.7. The summed E-state index contributed by atoms with van der Waals surface area (Å²) in [6, 6.07) is 4.53. The minimum atomic E-state index is -0.401. The van der Waals surface area contributed by atoms with Gasteiger partial charge in [-0.05, 0) is 43.9 Å². The van der Waals surface area contributed by atoms with Gasteiger partial charge in [0.15, 0.2) is 0 Å². The third kappa shape index (κ3) is 4.43. The molecule has 2 atom stereocenters. The molecule has 5 heteroatoms. The van der Waals surface area contributed by atoms with Crippen molar-refractivity contribution in [2.45, 2.75) is 39.2 Å². The van der Waals surface area contributed by atoms with Crippen molar-refractivity contribution in [2.24, 2.45) is 5.92 Å². The predicted octanol–water partition coefficient (Wildman–Crippen LogP) is 2.86. The van der Waals surface area contributed by atoms with Crippen molar-refractivity contribution in [3.63, 3.8) is 0 Å². The van der Waals surface area contributed by atoms with Crippen molar-refractivity contribution < 1.29 is 9.18 Å². The number of hydrogen-bond acceptors (Lipinski definition) is 3. The largest absolute Gasteiger partial charge is 0.397 e. The third-order valence-corrected chi connectivity index (χ3v) is 4.16. The molecule has 0 spiro atoms. The van der Waals surface area contributed by atoms with E-state index in [2.05, 4.69) is 24.1 Å². The predicted molar refractivity (Wildman–Crippen MR) is 83.5 cm³/mol. The molecule has 1 aliphatic rings. The highest BCUT2D eigenvalue weighted by Crippen LogP contribution is 2.22. The number of likely N-dealkylation sites (tertiary alicyclic amines) is 1. The Bertz CT molecular complexity index is 506. The van der Waals surface area contributed by atoms with Gasteiger partial charge in [-0.15, -0.1) is 0 Å². The molecule has 0 radical (unpaired) electrons. The van der Waals surface area contributed by atoms with Crippen LogP contribution in [-0.2, 0) is 4.79 Å². The molecule has 1 aromatic rings. The minimum absolute atomic E-state index is 0.0845. The van der Waals surface area contributed by atoms with E-state index < -0.39 is 5.82 Å². The summed E-state index contributed by atoms with van der Waals surface area (Å²) in [6.07, 6.45) is 2.87. The number of nitrogens with zero attached hydrogens (tertiary/aromatic N) is 1. The summed E-state index contributed by atoms with van der Waals surface area (Å²) in [6.45, 7) is 6.26. The van der Waals surface area contributed by atoms with Crippen LogP contribution < -0.4 is 11.1 Å². The van der Waals surface area contributed by atoms with Crippen LogP contribution >= 0.6 is 0 Å². The first kappa shape index (κ1) is 15.8. The zero-order chi connectivity index (χ0) is 15.4. The van der Waals surface area contributed by atoms with Crippen LogP contribution in [0.1, 0.15) is 33.1 Å². The number of rotatable bonds is 4. The average Bonchev–Trinajstić information content (AvgIpc) is 2.43. The standard InChI is InChI=1S/C16H24FN3O/c1-11-3-4-12(2)20(10-11)8-7-16(21)19-15-6-5-13(17)9-14(15)18/h5-6,9,11-12H,3-4,7-8,10,18H2,1-2H3,(H,19,21). The van der Waals surface area contributed by atoms with Crippen molar-refractivity contribution in [1.82, 2.24) is 4.90 Å². The highest BCUT2D eigenvalue weighted by Gasteiger charge is 2.23. The Hall–Kier alpha value is -1.62. The van der Waals surface area contributed by atoms with E-state index in [0.29, 0.717) is 24.1 Å². The summed E-state index contributed by atoms with van der Waals surface area (Å²) in [5.41, 5.74) is 6.41. The fraction of sp³-hybridized carbons (Fsp3) is 0.562. The molecule has 0 saturated carbocycles. The summed E-state index contributed by atoms with van der Waals surface area (Å²) in [5.74, 6) is 0.206. The van der Waals surface area contributed by atoms with Crippen molar-refractivity contribution in [1.29, 1.82) is 0 Å². The maximum absolute atomic E-state index is 13.0. The van der Waals surface area contributed by atoms with Gasteiger partial charge in [0.2, 0.25) is 5.91 Å². The van der Waals surface area contributed by atoms with Crippen LogP contribution in [0.25, 0.3) is 0 Å². The number of nitrogen functional groups attached to an aromatic ring is 1. The van der Waals surface area contributed by atoms with Gasteiger partial charge in [0.1, 0.15) is 5.82 Å². The molecular formula is C16H24FN3O. The fourth-order valence-electron chi connectivity index (χ4n) is 2.80. The van der Waals surface area contributed by atoms with Gasteiger partial charge in [-0.25, -0.2) is 4.39 Å². The topological polar surface area (TPSA) is 58.4 Å². The lowest BCUT2D eigenvalue weighted by molar-refractivity contribution is -0.116. The lowest BCUT2D eigenvalue weighted by atomic mass is 9.95. The second kappa shape index (κ2) is 6.89. The number of piperidine rings is 1. The van der Waals surface area contributed by atoms with Gasteiger partial charge >= 0.3 is 0 Å². The van der Waals surface area contributed by atoms with Crippen molar-refractivity contribution >= 4 is 17.3 Å². The van der Waals surface area contributed by atoms with Crippen molar-refractivity contribution in [2.75, 3.05) is 24.1 Å². The lowest BCUT2D eigenvalue weighted by Crippen LogP contribution is -2.42. The molecular weight excluding hydrogens is 269 g/mol. The highest BCUT2D eigenvalue weighted by atomic mass is 19.1. The van der Waals surface area contributed by atoms with E-state index in [1.54, 1.807) is 0 Å². The summed E-state index contributed by atoms with van der Waals surface area (Å²) in [7, 11) is 0.